The van der Waals surface area contributed by atoms with Gasteiger partial charge in [-0.2, -0.15) is 13.2 Å². The SMILES string of the molecule is O=C1CC(Cc2ccc(C(=O)NCc3ccc(F)cc3C(F)(F)F)cc2)C(=O)N1. The number of hydrogen-bond acceptors (Lipinski definition) is 3. The molecule has 1 fully saturated rings. The summed E-state index contributed by atoms with van der Waals surface area (Å²) in [7, 11) is 0. The van der Waals surface area contributed by atoms with Crippen LogP contribution in [0.15, 0.2) is 42.5 Å². The van der Waals surface area contributed by atoms with Gasteiger partial charge < -0.3 is 5.32 Å². The highest BCUT2D eigenvalue weighted by atomic mass is 19.4. The smallest absolute Gasteiger partial charge is 0.348 e. The second-order valence-corrected chi connectivity index (χ2v) is 6.70. The van der Waals surface area contributed by atoms with Gasteiger partial charge in [-0.25, -0.2) is 4.39 Å². The van der Waals surface area contributed by atoms with E-state index in [0.717, 1.165) is 17.7 Å². The molecule has 9 heteroatoms. The minimum atomic E-state index is -4.74. The molecule has 5 nitrogen and oxygen atoms in total. The second kappa shape index (κ2) is 8.02. The standard InChI is InChI=1S/C20H16F4N2O3/c21-15-6-5-13(16(9-15)20(22,23)24)10-25-18(28)12-3-1-11(2-4-12)7-14-8-17(27)26-19(14)29/h1-6,9,14H,7-8,10H2,(H,25,28)(H,26,27,29). The lowest BCUT2D eigenvalue weighted by atomic mass is 9.97. The zero-order valence-corrected chi connectivity index (χ0v) is 15.0. The second-order valence-electron chi connectivity index (χ2n) is 6.70. The Morgan fingerprint density at radius 1 is 1.10 bits per heavy atom. The van der Waals surface area contributed by atoms with Gasteiger partial charge in [0.25, 0.3) is 5.91 Å². The molecule has 0 radical (unpaired) electrons. The van der Waals surface area contributed by atoms with Crippen LogP contribution >= 0.6 is 0 Å². The molecule has 1 aliphatic rings. The molecular weight excluding hydrogens is 392 g/mol. The molecular formula is C20H16F4N2O3. The molecule has 0 spiro atoms. The highest BCUT2D eigenvalue weighted by Gasteiger charge is 2.34. The summed E-state index contributed by atoms with van der Waals surface area (Å²) in [5.41, 5.74) is -0.427. The summed E-state index contributed by atoms with van der Waals surface area (Å²) in [4.78, 5) is 35.0. The van der Waals surface area contributed by atoms with E-state index in [-0.39, 0.29) is 29.4 Å². The fraction of sp³-hybridized carbons (Fsp3) is 0.250. The highest BCUT2D eigenvalue weighted by molar-refractivity contribution is 6.03. The molecule has 1 aliphatic heterocycles. The predicted octanol–water partition coefficient (Wildman–Crippen LogP) is 2.98. The van der Waals surface area contributed by atoms with E-state index < -0.39 is 35.9 Å². The summed E-state index contributed by atoms with van der Waals surface area (Å²) in [6.07, 6.45) is -4.29. The topological polar surface area (TPSA) is 75.3 Å². The number of halogens is 4. The Kier molecular flexibility index (Phi) is 5.67. The van der Waals surface area contributed by atoms with Gasteiger partial charge in [-0.3, -0.25) is 19.7 Å². The molecule has 1 unspecified atom stereocenters. The van der Waals surface area contributed by atoms with Crippen LogP contribution in [0.3, 0.4) is 0 Å². The minimum absolute atomic E-state index is 0.111. The van der Waals surface area contributed by atoms with Crippen LogP contribution in [0.4, 0.5) is 17.6 Å². The van der Waals surface area contributed by atoms with Gasteiger partial charge in [-0.1, -0.05) is 18.2 Å². The van der Waals surface area contributed by atoms with Gasteiger partial charge in [-0.15, -0.1) is 0 Å². The van der Waals surface area contributed by atoms with E-state index in [2.05, 4.69) is 10.6 Å². The fourth-order valence-corrected chi connectivity index (χ4v) is 3.09. The maximum atomic E-state index is 13.1. The van der Waals surface area contributed by atoms with Crippen molar-refractivity contribution in [2.24, 2.45) is 5.92 Å². The number of carbonyl (C=O) groups excluding carboxylic acids is 3. The number of carbonyl (C=O) groups is 3. The number of nitrogens with one attached hydrogen (secondary N) is 2. The van der Waals surface area contributed by atoms with Crippen molar-refractivity contribution in [3.63, 3.8) is 0 Å². The summed E-state index contributed by atoms with van der Waals surface area (Å²) in [5, 5.41) is 4.60. The Morgan fingerprint density at radius 3 is 2.38 bits per heavy atom. The lowest BCUT2D eigenvalue weighted by Gasteiger charge is -2.14. The van der Waals surface area contributed by atoms with Crippen LogP contribution in [0.25, 0.3) is 0 Å². The molecule has 0 aromatic heterocycles. The van der Waals surface area contributed by atoms with E-state index in [1.807, 2.05) is 0 Å². The first-order valence-electron chi connectivity index (χ1n) is 8.70. The van der Waals surface area contributed by atoms with E-state index in [0.29, 0.717) is 12.5 Å². The summed E-state index contributed by atoms with van der Waals surface area (Å²) < 4.78 is 52.2. The third-order valence-electron chi connectivity index (χ3n) is 4.58. The van der Waals surface area contributed by atoms with Gasteiger partial charge in [0.2, 0.25) is 11.8 Å². The molecule has 0 bridgehead atoms. The summed E-state index contributed by atoms with van der Waals surface area (Å²) in [6.45, 7) is -0.417. The number of hydrogen-bond donors (Lipinski definition) is 2. The molecule has 29 heavy (non-hydrogen) atoms. The number of benzene rings is 2. The monoisotopic (exact) mass is 408 g/mol. The Morgan fingerprint density at radius 2 is 1.79 bits per heavy atom. The van der Waals surface area contributed by atoms with Crippen molar-refractivity contribution >= 4 is 17.7 Å². The van der Waals surface area contributed by atoms with Crippen molar-refractivity contribution < 1.29 is 31.9 Å². The van der Waals surface area contributed by atoms with Gasteiger partial charge in [0.05, 0.1) is 11.5 Å². The average molecular weight is 408 g/mol. The zero-order valence-electron chi connectivity index (χ0n) is 15.0. The maximum Gasteiger partial charge on any atom is 0.416 e. The van der Waals surface area contributed by atoms with Crippen LogP contribution in [0, 0.1) is 11.7 Å². The summed E-state index contributed by atoms with van der Waals surface area (Å²) in [6, 6.07) is 8.46. The molecule has 152 valence electrons. The third-order valence-corrected chi connectivity index (χ3v) is 4.58. The Bertz CT molecular complexity index is 955. The molecule has 1 heterocycles. The Labute approximate surface area is 163 Å². The van der Waals surface area contributed by atoms with Crippen LogP contribution in [0.1, 0.15) is 33.5 Å². The Hall–Kier alpha value is -3.23. The predicted molar refractivity (Wildman–Crippen MR) is 94.0 cm³/mol. The van der Waals surface area contributed by atoms with E-state index in [9.17, 15) is 31.9 Å². The average Bonchev–Trinajstić information content (AvgIpc) is 2.97. The molecule has 0 aliphatic carbocycles. The molecule has 1 saturated heterocycles. The molecule has 2 aromatic rings. The first-order valence-corrected chi connectivity index (χ1v) is 8.70. The first-order chi connectivity index (χ1) is 13.6. The number of alkyl halides is 3. The molecule has 0 saturated carbocycles. The first kappa shape index (κ1) is 20.5. The zero-order chi connectivity index (χ0) is 21.2. The fourth-order valence-electron chi connectivity index (χ4n) is 3.09. The van der Waals surface area contributed by atoms with E-state index in [4.69, 9.17) is 0 Å². The van der Waals surface area contributed by atoms with Crippen LogP contribution < -0.4 is 10.6 Å². The lowest BCUT2D eigenvalue weighted by Crippen LogP contribution is -2.24. The molecule has 1 atom stereocenters. The van der Waals surface area contributed by atoms with Gasteiger partial charge in [-0.05, 0) is 41.8 Å². The molecule has 2 aromatic carbocycles. The van der Waals surface area contributed by atoms with Gasteiger partial charge in [0.15, 0.2) is 0 Å². The van der Waals surface area contributed by atoms with E-state index in [1.54, 1.807) is 12.1 Å². The van der Waals surface area contributed by atoms with Crippen LogP contribution in [-0.4, -0.2) is 17.7 Å². The number of amides is 3. The van der Waals surface area contributed by atoms with Gasteiger partial charge >= 0.3 is 6.18 Å². The molecule has 3 rings (SSSR count). The van der Waals surface area contributed by atoms with Gasteiger partial charge in [0.1, 0.15) is 5.82 Å². The van der Waals surface area contributed by atoms with Crippen LogP contribution in [0.5, 0.6) is 0 Å². The van der Waals surface area contributed by atoms with E-state index in [1.165, 1.54) is 12.1 Å². The number of rotatable bonds is 5. The quantitative estimate of drug-likeness (QED) is 0.590. The van der Waals surface area contributed by atoms with Crippen molar-refractivity contribution in [2.75, 3.05) is 0 Å². The largest absolute Gasteiger partial charge is 0.416 e. The van der Waals surface area contributed by atoms with Crippen molar-refractivity contribution in [3.8, 4) is 0 Å². The maximum absolute atomic E-state index is 13.1. The molecule has 2 N–H and O–H groups in total. The summed E-state index contributed by atoms with van der Waals surface area (Å²) in [5.74, 6) is -2.73. The lowest BCUT2D eigenvalue weighted by molar-refractivity contribution is -0.138. The normalized spacial score (nSPS) is 16.6. The number of imide groups is 1. The van der Waals surface area contributed by atoms with Crippen molar-refractivity contribution in [2.45, 2.75) is 25.6 Å². The van der Waals surface area contributed by atoms with Crippen LogP contribution in [0.2, 0.25) is 0 Å². The van der Waals surface area contributed by atoms with Crippen molar-refractivity contribution in [1.82, 2.24) is 10.6 Å². The third kappa shape index (κ3) is 4.98. The Balaban J connectivity index is 1.63. The summed E-state index contributed by atoms with van der Waals surface area (Å²) >= 11 is 0. The minimum Gasteiger partial charge on any atom is -0.348 e. The van der Waals surface area contributed by atoms with Crippen molar-refractivity contribution in [1.29, 1.82) is 0 Å². The molecule has 3 amide bonds. The highest BCUT2D eigenvalue weighted by Crippen LogP contribution is 2.32. The van der Waals surface area contributed by atoms with Crippen LogP contribution in [-0.2, 0) is 28.7 Å². The van der Waals surface area contributed by atoms with Gasteiger partial charge in [0, 0.05) is 18.5 Å². The van der Waals surface area contributed by atoms with E-state index >= 15 is 0 Å². The van der Waals surface area contributed by atoms with Crippen molar-refractivity contribution in [3.05, 3.63) is 70.5 Å².